The van der Waals surface area contributed by atoms with Gasteiger partial charge in [0.2, 0.25) is 0 Å². The SMILES string of the molecule is O=[N+]([O-])c1ccc(N2CCC(C(O)c3ncc[nH]3)CC2)nc1. The van der Waals surface area contributed by atoms with Crippen LogP contribution in [0.15, 0.2) is 30.7 Å². The first-order valence-electron chi connectivity index (χ1n) is 7.18. The number of nitrogens with one attached hydrogen (secondary N) is 1. The lowest BCUT2D eigenvalue weighted by atomic mass is 9.91. The van der Waals surface area contributed by atoms with Crippen LogP contribution in [0, 0.1) is 16.0 Å². The summed E-state index contributed by atoms with van der Waals surface area (Å²) in [5, 5.41) is 20.9. The molecule has 0 aromatic carbocycles. The third kappa shape index (κ3) is 2.91. The predicted octanol–water partition coefficient (Wildman–Crippen LogP) is 1.66. The van der Waals surface area contributed by atoms with Gasteiger partial charge < -0.3 is 15.0 Å². The minimum Gasteiger partial charge on any atom is -0.385 e. The molecule has 3 heterocycles. The van der Waals surface area contributed by atoms with Gasteiger partial charge in [-0.1, -0.05) is 0 Å². The molecule has 0 spiro atoms. The summed E-state index contributed by atoms with van der Waals surface area (Å²) in [7, 11) is 0. The quantitative estimate of drug-likeness (QED) is 0.657. The summed E-state index contributed by atoms with van der Waals surface area (Å²) in [6.45, 7) is 1.51. The van der Waals surface area contributed by atoms with E-state index < -0.39 is 11.0 Å². The molecule has 0 saturated carbocycles. The van der Waals surface area contributed by atoms with E-state index in [1.165, 1.54) is 12.3 Å². The van der Waals surface area contributed by atoms with Crippen molar-refractivity contribution < 1.29 is 10.0 Å². The number of nitro groups is 1. The normalized spacial score (nSPS) is 17.4. The van der Waals surface area contributed by atoms with E-state index in [1.54, 1.807) is 18.5 Å². The van der Waals surface area contributed by atoms with Gasteiger partial charge in [-0.2, -0.15) is 0 Å². The molecule has 1 atom stereocenters. The number of anilines is 1. The molecule has 1 aliphatic rings. The summed E-state index contributed by atoms with van der Waals surface area (Å²) in [4.78, 5) is 23.4. The Labute approximate surface area is 127 Å². The number of nitrogens with zero attached hydrogens (tertiary/aromatic N) is 4. The monoisotopic (exact) mass is 303 g/mol. The van der Waals surface area contributed by atoms with E-state index in [9.17, 15) is 15.2 Å². The van der Waals surface area contributed by atoms with Gasteiger partial charge in [0, 0.05) is 31.5 Å². The molecule has 1 aliphatic heterocycles. The maximum absolute atomic E-state index is 10.6. The Kier molecular flexibility index (Phi) is 4.01. The van der Waals surface area contributed by atoms with Crippen LogP contribution in [0.2, 0.25) is 0 Å². The third-order valence-corrected chi connectivity index (χ3v) is 4.05. The molecular formula is C14H17N5O3. The fraction of sp³-hybridized carbons (Fsp3) is 0.429. The molecule has 1 unspecified atom stereocenters. The number of pyridine rings is 1. The zero-order chi connectivity index (χ0) is 15.5. The number of aromatic amines is 1. The zero-order valence-electron chi connectivity index (χ0n) is 11.9. The smallest absolute Gasteiger partial charge is 0.287 e. The van der Waals surface area contributed by atoms with E-state index in [2.05, 4.69) is 19.9 Å². The Morgan fingerprint density at radius 2 is 2.14 bits per heavy atom. The Morgan fingerprint density at radius 1 is 1.36 bits per heavy atom. The summed E-state index contributed by atoms with van der Waals surface area (Å²) in [5.41, 5.74) is -0.00752. The fourth-order valence-corrected chi connectivity index (χ4v) is 2.78. The third-order valence-electron chi connectivity index (χ3n) is 4.05. The van der Waals surface area contributed by atoms with Crippen LogP contribution in [-0.4, -0.2) is 38.1 Å². The average Bonchev–Trinajstić information content (AvgIpc) is 3.09. The topological polar surface area (TPSA) is 108 Å². The first kappa shape index (κ1) is 14.5. The summed E-state index contributed by atoms with van der Waals surface area (Å²) in [5.74, 6) is 1.49. The molecule has 3 rings (SSSR count). The second-order valence-corrected chi connectivity index (χ2v) is 5.38. The Morgan fingerprint density at radius 3 is 2.68 bits per heavy atom. The molecule has 0 aliphatic carbocycles. The molecule has 0 amide bonds. The molecule has 0 radical (unpaired) electrons. The molecule has 2 aromatic rings. The number of aromatic nitrogens is 3. The van der Waals surface area contributed by atoms with Crippen LogP contribution >= 0.6 is 0 Å². The van der Waals surface area contributed by atoms with E-state index in [0.717, 1.165) is 31.7 Å². The van der Waals surface area contributed by atoms with Crippen LogP contribution in [0.5, 0.6) is 0 Å². The van der Waals surface area contributed by atoms with Gasteiger partial charge in [0.25, 0.3) is 5.69 Å². The lowest BCUT2D eigenvalue weighted by molar-refractivity contribution is -0.385. The molecule has 2 N–H and O–H groups in total. The van der Waals surface area contributed by atoms with Crippen molar-refractivity contribution in [1.82, 2.24) is 15.0 Å². The van der Waals surface area contributed by atoms with Gasteiger partial charge in [-0.3, -0.25) is 10.1 Å². The molecule has 116 valence electrons. The molecular weight excluding hydrogens is 286 g/mol. The molecule has 0 bridgehead atoms. The highest BCUT2D eigenvalue weighted by Gasteiger charge is 2.28. The van der Waals surface area contributed by atoms with Crippen molar-refractivity contribution in [2.45, 2.75) is 18.9 Å². The van der Waals surface area contributed by atoms with Crippen LogP contribution in [0.25, 0.3) is 0 Å². The van der Waals surface area contributed by atoms with Crippen molar-refractivity contribution in [3.05, 3.63) is 46.7 Å². The predicted molar refractivity (Wildman–Crippen MR) is 79.4 cm³/mol. The van der Waals surface area contributed by atoms with E-state index in [1.807, 2.05) is 0 Å². The van der Waals surface area contributed by atoms with Crippen molar-refractivity contribution in [1.29, 1.82) is 0 Å². The van der Waals surface area contributed by atoms with Gasteiger partial charge >= 0.3 is 0 Å². The van der Waals surface area contributed by atoms with Crippen molar-refractivity contribution in [3.8, 4) is 0 Å². The highest BCUT2D eigenvalue weighted by Crippen LogP contribution is 2.30. The molecule has 1 saturated heterocycles. The Bertz CT molecular complexity index is 620. The van der Waals surface area contributed by atoms with Crippen molar-refractivity contribution >= 4 is 11.5 Å². The molecule has 2 aromatic heterocycles. The van der Waals surface area contributed by atoms with Gasteiger partial charge in [-0.25, -0.2) is 9.97 Å². The van der Waals surface area contributed by atoms with E-state index in [4.69, 9.17) is 0 Å². The highest BCUT2D eigenvalue weighted by atomic mass is 16.6. The number of imidazole rings is 1. The number of piperidine rings is 1. The molecule has 22 heavy (non-hydrogen) atoms. The summed E-state index contributed by atoms with van der Waals surface area (Å²) >= 11 is 0. The van der Waals surface area contributed by atoms with E-state index in [-0.39, 0.29) is 11.6 Å². The van der Waals surface area contributed by atoms with Crippen molar-refractivity contribution in [2.24, 2.45) is 5.92 Å². The number of hydrogen-bond acceptors (Lipinski definition) is 6. The Hall–Kier alpha value is -2.48. The van der Waals surface area contributed by atoms with Gasteiger partial charge in [0.1, 0.15) is 23.9 Å². The van der Waals surface area contributed by atoms with Gasteiger partial charge in [-0.15, -0.1) is 0 Å². The first-order chi connectivity index (χ1) is 10.6. The number of aliphatic hydroxyl groups excluding tert-OH is 1. The Balaban J connectivity index is 1.60. The summed E-state index contributed by atoms with van der Waals surface area (Å²) in [6.07, 6.45) is 5.67. The van der Waals surface area contributed by atoms with Gasteiger partial charge in [0.15, 0.2) is 0 Å². The van der Waals surface area contributed by atoms with E-state index >= 15 is 0 Å². The summed E-state index contributed by atoms with van der Waals surface area (Å²) in [6, 6.07) is 3.13. The minimum absolute atomic E-state index is 0.00752. The van der Waals surface area contributed by atoms with E-state index in [0.29, 0.717) is 5.82 Å². The number of H-pyrrole nitrogens is 1. The maximum Gasteiger partial charge on any atom is 0.287 e. The minimum atomic E-state index is -0.582. The molecule has 8 heteroatoms. The highest BCUT2D eigenvalue weighted by molar-refractivity contribution is 5.43. The second kappa shape index (κ2) is 6.10. The van der Waals surface area contributed by atoms with Crippen LogP contribution in [0.1, 0.15) is 24.8 Å². The zero-order valence-corrected chi connectivity index (χ0v) is 11.9. The largest absolute Gasteiger partial charge is 0.385 e. The van der Waals surface area contributed by atoms with Crippen molar-refractivity contribution in [3.63, 3.8) is 0 Å². The lowest BCUT2D eigenvalue weighted by Crippen LogP contribution is -2.36. The van der Waals surface area contributed by atoms with Crippen LogP contribution < -0.4 is 4.90 Å². The van der Waals surface area contributed by atoms with Crippen LogP contribution in [-0.2, 0) is 0 Å². The maximum atomic E-state index is 10.6. The average molecular weight is 303 g/mol. The van der Waals surface area contributed by atoms with Crippen LogP contribution in [0.3, 0.4) is 0 Å². The van der Waals surface area contributed by atoms with Gasteiger partial charge in [-0.05, 0) is 24.8 Å². The fourth-order valence-electron chi connectivity index (χ4n) is 2.78. The molecule has 1 fully saturated rings. The lowest BCUT2D eigenvalue weighted by Gasteiger charge is -2.34. The summed E-state index contributed by atoms with van der Waals surface area (Å²) < 4.78 is 0. The second-order valence-electron chi connectivity index (χ2n) is 5.38. The number of rotatable bonds is 4. The standard InChI is InChI=1S/C14H17N5O3/c20-13(14-15-5-6-16-14)10-3-7-18(8-4-10)12-2-1-11(9-17-12)19(21)22/h1-2,5-6,9-10,13,20H,3-4,7-8H2,(H,15,16). The molecule has 8 nitrogen and oxygen atoms in total. The van der Waals surface area contributed by atoms with Gasteiger partial charge in [0.05, 0.1) is 4.92 Å². The van der Waals surface area contributed by atoms with Crippen LogP contribution in [0.4, 0.5) is 11.5 Å². The first-order valence-corrected chi connectivity index (χ1v) is 7.18. The van der Waals surface area contributed by atoms with Crippen molar-refractivity contribution in [2.75, 3.05) is 18.0 Å². The number of hydrogen-bond donors (Lipinski definition) is 2. The number of aliphatic hydroxyl groups is 1.